The predicted molar refractivity (Wildman–Crippen MR) is 109 cm³/mol. The molecule has 4 rings (SSSR count). The smallest absolute Gasteiger partial charge is 0.253 e. The lowest BCUT2D eigenvalue weighted by atomic mass is 10.1. The molecule has 0 N–H and O–H groups in total. The summed E-state index contributed by atoms with van der Waals surface area (Å²) in [6, 6.07) is 13.7. The van der Waals surface area contributed by atoms with Crippen molar-refractivity contribution in [1.29, 1.82) is 0 Å². The normalized spacial score (nSPS) is 16.4. The zero-order valence-corrected chi connectivity index (χ0v) is 16.4. The first-order valence-electron chi connectivity index (χ1n) is 9.72. The molecule has 146 valence electrons. The second kappa shape index (κ2) is 7.54. The molecule has 0 bridgehead atoms. The van der Waals surface area contributed by atoms with Crippen molar-refractivity contribution in [3.63, 3.8) is 0 Å². The molecule has 0 radical (unpaired) electrons. The lowest BCUT2D eigenvalue weighted by molar-refractivity contribution is -0.117. The van der Waals surface area contributed by atoms with Crippen molar-refractivity contribution in [1.82, 2.24) is 4.90 Å². The summed E-state index contributed by atoms with van der Waals surface area (Å²) in [6.45, 7) is 5.58. The van der Waals surface area contributed by atoms with Gasteiger partial charge in [0.2, 0.25) is 5.91 Å². The number of hydrogen-bond donors (Lipinski definition) is 0. The van der Waals surface area contributed by atoms with Crippen molar-refractivity contribution in [2.75, 3.05) is 49.6 Å². The first kappa shape index (κ1) is 18.3. The van der Waals surface area contributed by atoms with Crippen LogP contribution in [0.25, 0.3) is 0 Å². The molecule has 1 fully saturated rings. The van der Waals surface area contributed by atoms with E-state index in [1.807, 2.05) is 54.3 Å². The first-order chi connectivity index (χ1) is 13.6. The molecule has 0 saturated carbocycles. The summed E-state index contributed by atoms with van der Waals surface area (Å²) in [7, 11) is 1.66. The number of methoxy groups -OCH3 is 1. The average molecular weight is 379 g/mol. The fourth-order valence-corrected chi connectivity index (χ4v) is 4.01. The van der Waals surface area contributed by atoms with Gasteiger partial charge in [0.25, 0.3) is 5.91 Å². The largest absolute Gasteiger partial charge is 0.497 e. The van der Waals surface area contributed by atoms with E-state index in [2.05, 4.69) is 4.90 Å². The van der Waals surface area contributed by atoms with E-state index in [4.69, 9.17) is 4.74 Å². The molecule has 2 heterocycles. The average Bonchev–Trinajstić information content (AvgIpc) is 3.07. The first-order valence-corrected chi connectivity index (χ1v) is 9.72. The number of hydrogen-bond acceptors (Lipinski definition) is 4. The van der Waals surface area contributed by atoms with Crippen LogP contribution in [0.3, 0.4) is 0 Å². The summed E-state index contributed by atoms with van der Waals surface area (Å²) in [4.78, 5) is 31.0. The number of carbonyl (C=O) groups is 2. The van der Waals surface area contributed by atoms with E-state index in [0.717, 1.165) is 35.8 Å². The van der Waals surface area contributed by atoms with E-state index in [1.54, 1.807) is 12.0 Å². The highest BCUT2D eigenvalue weighted by Gasteiger charge is 2.28. The van der Waals surface area contributed by atoms with Crippen LogP contribution in [-0.4, -0.2) is 56.5 Å². The standard InChI is InChI=1S/C22H25N3O3/c1-3-25-20-9-4-16(14-17(20)15-21(25)26)22(27)24-12-10-23(11-13-24)18-5-7-19(28-2)8-6-18/h4-9,14H,3,10-13,15H2,1-2H3. The molecule has 1 saturated heterocycles. The van der Waals surface area contributed by atoms with Crippen molar-refractivity contribution in [2.24, 2.45) is 0 Å². The van der Waals surface area contributed by atoms with Crippen molar-refractivity contribution in [3.8, 4) is 5.75 Å². The van der Waals surface area contributed by atoms with Crippen LogP contribution in [0.2, 0.25) is 0 Å². The Morgan fingerprint density at radius 2 is 1.75 bits per heavy atom. The Morgan fingerprint density at radius 3 is 2.39 bits per heavy atom. The van der Waals surface area contributed by atoms with Crippen molar-refractivity contribution in [3.05, 3.63) is 53.6 Å². The highest BCUT2D eigenvalue weighted by molar-refractivity contribution is 6.03. The molecule has 6 nitrogen and oxygen atoms in total. The zero-order valence-electron chi connectivity index (χ0n) is 16.4. The van der Waals surface area contributed by atoms with E-state index in [0.29, 0.717) is 31.6 Å². The molecule has 28 heavy (non-hydrogen) atoms. The van der Waals surface area contributed by atoms with Gasteiger partial charge in [0.15, 0.2) is 0 Å². The quantitative estimate of drug-likeness (QED) is 0.819. The maximum atomic E-state index is 13.0. The van der Waals surface area contributed by atoms with Gasteiger partial charge in [-0.15, -0.1) is 0 Å². The van der Waals surface area contributed by atoms with Crippen molar-refractivity contribution in [2.45, 2.75) is 13.3 Å². The second-order valence-electron chi connectivity index (χ2n) is 7.14. The summed E-state index contributed by atoms with van der Waals surface area (Å²) < 4.78 is 5.21. The molecule has 2 aromatic rings. The Balaban J connectivity index is 1.42. The maximum absolute atomic E-state index is 13.0. The summed E-state index contributed by atoms with van der Waals surface area (Å²) in [5.74, 6) is 0.990. The van der Waals surface area contributed by atoms with Crippen LogP contribution in [0.1, 0.15) is 22.8 Å². The lowest BCUT2D eigenvalue weighted by Crippen LogP contribution is -2.48. The fourth-order valence-electron chi connectivity index (χ4n) is 4.01. The zero-order chi connectivity index (χ0) is 19.7. The molecular formula is C22H25N3O3. The number of ether oxygens (including phenoxy) is 1. The number of benzene rings is 2. The van der Waals surface area contributed by atoms with Gasteiger partial charge in [-0.3, -0.25) is 9.59 Å². The molecule has 2 amide bonds. The van der Waals surface area contributed by atoms with Gasteiger partial charge in [-0.25, -0.2) is 0 Å². The van der Waals surface area contributed by atoms with E-state index in [-0.39, 0.29) is 11.8 Å². The second-order valence-corrected chi connectivity index (χ2v) is 7.14. The monoisotopic (exact) mass is 379 g/mol. The van der Waals surface area contributed by atoms with Gasteiger partial charge < -0.3 is 19.4 Å². The third kappa shape index (κ3) is 3.30. The number of piperazine rings is 1. The van der Waals surface area contributed by atoms with Crippen molar-refractivity contribution < 1.29 is 14.3 Å². The Labute approximate surface area is 165 Å². The number of amides is 2. The molecule has 0 aromatic heterocycles. The van der Waals surface area contributed by atoms with Crippen LogP contribution < -0.4 is 14.5 Å². The summed E-state index contributed by atoms with van der Waals surface area (Å²) in [5.41, 5.74) is 3.70. The summed E-state index contributed by atoms with van der Waals surface area (Å²) in [6.07, 6.45) is 0.384. The number of likely N-dealkylation sites (N-methyl/N-ethyl adjacent to an activating group) is 1. The molecule has 0 spiro atoms. The van der Waals surface area contributed by atoms with Crippen LogP contribution in [0, 0.1) is 0 Å². The van der Waals surface area contributed by atoms with Gasteiger partial charge in [-0.05, 0) is 55.0 Å². The number of carbonyl (C=O) groups excluding carboxylic acids is 2. The molecule has 0 unspecified atom stereocenters. The molecule has 2 aliphatic rings. The Hall–Kier alpha value is -3.02. The number of fused-ring (bicyclic) bond motifs is 1. The Bertz CT molecular complexity index is 886. The fraction of sp³-hybridized carbons (Fsp3) is 0.364. The number of nitrogens with zero attached hydrogens (tertiary/aromatic N) is 3. The van der Waals surface area contributed by atoms with Crippen molar-refractivity contribution >= 4 is 23.2 Å². The Morgan fingerprint density at radius 1 is 1.04 bits per heavy atom. The maximum Gasteiger partial charge on any atom is 0.253 e. The van der Waals surface area contributed by atoms with Gasteiger partial charge >= 0.3 is 0 Å². The van der Waals surface area contributed by atoms with Gasteiger partial charge in [-0.1, -0.05) is 0 Å². The third-order valence-electron chi connectivity index (χ3n) is 5.58. The van der Waals surface area contributed by atoms with Gasteiger partial charge in [0, 0.05) is 49.7 Å². The van der Waals surface area contributed by atoms with Gasteiger partial charge in [0.1, 0.15) is 5.75 Å². The minimum Gasteiger partial charge on any atom is -0.497 e. The van der Waals surface area contributed by atoms with E-state index in [9.17, 15) is 9.59 Å². The van der Waals surface area contributed by atoms with Crippen LogP contribution >= 0.6 is 0 Å². The van der Waals surface area contributed by atoms with Gasteiger partial charge in [-0.2, -0.15) is 0 Å². The van der Waals surface area contributed by atoms with E-state index in [1.165, 1.54) is 0 Å². The summed E-state index contributed by atoms with van der Waals surface area (Å²) >= 11 is 0. The highest BCUT2D eigenvalue weighted by Crippen LogP contribution is 2.30. The van der Waals surface area contributed by atoms with Crippen LogP contribution in [0.15, 0.2) is 42.5 Å². The van der Waals surface area contributed by atoms with Gasteiger partial charge in [0.05, 0.1) is 13.5 Å². The highest BCUT2D eigenvalue weighted by atomic mass is 16.5. The summed E-state index contributed by atoms with van der Waals surface area (Å²) in [5, 5.41) is 0. The van der Waals surface area contributed by atoms with Crippen LogP contribution in [-0.2, 0) is 11.2 Å². The molecule has 2 aromatic carbocycles. The Kier molecular flexibility index (Phi) is 4.94. The number of anilines is 2. The molecule has 0 atom stereocenters. The molecular weight excluding hydrogens is 354 g/mol. The third-order valence-corrected chi connectivity index (χ3v) is 5.58. The predicted octanol–water partition coefficient (Wildman–Crippen LogP) is 2.57. The van der Waals surface area contributed by atoms with Crippen LogP contribution in [0.4, 0.5) is 11.4 Å². The number of rotatable bonds is 4. The lowest BCUT2D eigenvalue weighted by Gasteiger charge is -2.36. The minimum atomic E-state index is 0.0413. The molecule has 0 aliphatic carbocycles. The van der Waals surface area contributed by atoms with Crippen LogP contribution in [0.5, 0.6) is 5.75 Å². The molecule has 2 aliphatic heterocycles. The topological polar surface area (TPSA) is 53.1 Å². The molecule has 6 heteroatoms. The van der Waals surface area contributed by atoms with E-state index >= 15 is 0 Å². The minimum absolute atomic E-state index is 0.0413. The SMILES string of the molecule is CCN1C(=O)Cc2cc(C(=O)N3CCN(c4ccc(OC)cc4)CC3)ccc21. The van der Waals surface area contributed by atoms with E-state index < -0.39 is 0 Å².